The summed E-state index contributed by atoms with van der Waals surface area (Å²) in [6, 6.07) is 63.1. The number of aliphatic imine (C=N–C) groups is 2. The van der Waals surface area contributed by atoms with Crippen molar-refractivity contribution >= 4 is 28.5 Å². The molecule has 0 saturated carbocycles. The zero-order valence-corrected chi connectivity index (χ0v) is 31.0. The van der Waals surface area contributed by atoms with E-state index in [0.717, 1.165) is 68.5 Å². The highest BCUT2D eigenvalue weighted by Gasteiger charge is 2.51. The van der Waals surface area contributed by atoms with Crippen molar-refractivity contribution in [2.75, 3.05) is 0 Å². The summed E-state index contributed by atoms with van der Waals surface area (Å²) < 4.78 is 6.72. The molecule has 4 aliphatic rings. The molecular weight excluding hydrogens is 695 g/mol. The second-order valence-corrected chi connectivity index (χ2v) is 15.3. The topological polar surface area (TPSA) is 46.0 Å². The van der Waals surface area contributed by atoms with Gasteiger partial charge in [-0.05, 0) is 104 Å². The van der Waals surface area contributed by atoms with Gasteiger partial charge in [0.05, 0.1) is 5.41 Å². The van der Waals surface area contributed by atoms with E-state index in [2.05, 4.69) is 187 Å². The molecule has 4 nitrogen and oxygen atoms in total. The fraction of sp³-hybridized carbons (Fsp3) is 0.0566. The van der Waals surface area contributed by atoms with Gasteiger partial charge in [0, 0.05) is 22.3 Å². The molecule has 268 valence electrons. The van der Waals surface area contributed by atoms with Crippen LogP contribution in [0.3, 0.4) is 0 Å². The lowest BCUT2D eigenvalue weighted by Crippen LogP contribution is -2.36. The van der Waals surface area contributed by atoms with Gasteiger partial charge < -0.3 is 10.1 Å². The van der Waals surface area contributed by atoms with E-state index in [9.17, 15) is 0 Å². The van der Waals surface area contributed by atoms with Gasteiger partial charge in [0.25, 0.3) is 0 Å². The van der Waals surface area contributed by atoms with Crippen LogP contribution in [0.5, 0.6) is 11.5 Å². The summed E-state index contributed by atoms with van der Waals surface area (Å²) >= 11 is 0. The lowest BCUT2D eigenvalue weighted by Gasteiger charge is -2.39. The first-order valence-corrected chi connectivity index (χ1v) is 19.6. The predicted octanol–water partition coefficient (Wildman–Crippen LogP) is 12.0. The number of nitrogens with one attached hydrogen (secondary N) is 1. The molecule has 1 spiro atoms. The van der Waals surface area contributed by atoms with Crippen LogP contribution in [-0.4, -0.2) is 11.7 Å². The van der Waals surface area contributed by atoms with Crippen LogP contribution in [0, 0.1) is 0 Å². The van der Waals surface area contributed by atoms with E-state index < -0.39 is 11.6 Å². The number of hydrogen-bond donors (Lipinski definition) is 1. The number of hydrogen-bond acceptors (Lipinski definition) is 4. The highest BCUT2D eigenvalue weighted by molar-refractivity contribution is 6.16. The molecule has 4 heteroatoms. The second-order valence-electron chi connectivity index (χ2n) is 15.3. The Balaban J connectivity index is 0.999. The maximum atomic E-state index is 6.72. The Labute approximate surface area is 331 Å². The lowest BCUT2D eigenvalue weighted by molar-refractivity contribution is 0.436. The van der Waals surface area contributed by atoms with Gasteiger partial charge in [-0.15, -0.1) is 0 Å². The van der Waals surface area contributed by atoms with E-state index in [1.165, 1.54) is 44.2 Å². The maximum absolute atomic E-state index is 6.72. The summed E-state index contributed by atoms with van der Waals surface area (Å²) in [6.07, 6.45) is 5.03. The van der Waals surface area contributed by atoms with Crippen molar-refractivity contribution in [3.8, 4) is 33.8 Å². The molecule has 57 heavy (non-hydrogen) atoms. The first-order valence-electron chi connectivity index (χ1n) is 19.6. The SMILES string of the molecule is C1=Cc2cc(C3N=C(c4ccccc4)NC(c4cccc(-c5ccc6c(c5)C5(c7ccccc7O6)c6ccccc6-c6ccccc65)c4)=N3)cc3cccc(c23)C1. The number of ether oxygens (including phenoxy) is 1. The number of nitrogens with zero attached hydrogens (tertiary/aromatic N) is 2. The average Bonchev–Trinajstić information content (AvgIpc) is 3.57. The largest absolute Gasteiger partial charge is 0.457 e. The summed E-state index contributed by atoms with van der Waals surface area (Å²) in [6.45, 7) is 0. The molecule has 8 aromatic carbocycles. The number of fused-ring (bicyclic) bond motifs is 9. The van der Waals surface area contributed by atoms with Crippen LogP contribution in [0.1, 0.15) is 56.2 Å². The summed E-state index contributed by atoms with van der Waals surface area (Å²) in [5.74, 6) is 3.37. The molecule has 2 aliphatic carbocycles. The van der Waals surface area contributed by atoms with Gasteiger partial charge >= 0.3 is 0 Å². The van der Waals surface area contributed by atoms with Crippen LogP contribution in [-0.2, 0) is 11.8 Å². The van der Waals surface area contributed by atoms with Crippen molar-refractivity contribution in [1.82, 2.24) is 5.32 Å². The van der Waals surface area contributed by atoms with Crippen molar-refractivity contribution in [3.05, 3.63) is 232 Å². The molecule has 0 saturated heterocycles. The molecule has 1 atom stereocenters. The first kappa shape index (κ1) is 32.0. The lowest BCUT2D eigenvalue weighted by atomic mass is 9.66. The molecule has 2 aliphatic heterocycles. The number of para-hydroxylation sites is 1. The van der Waals surface area contributed by atoms with Gasteiger partial charge in [-0.2, -0.15) is 0 Å². The van der Waals surface area contributed by atoms with Crippen molar-refractivity contribution in [1.29, 1.82) is 0 Å². The Kier molecular flexibility index (Phi) is 6.93. The van der Waals surface area contributed by atoms with Gasteiger partial charge in [-0.3, -0.25) is 0 Å². The van der Waals surface area contributed by atoms with E-state index in [1.54, 1.807) is 0 Å². The fourth-order valence-electron chi connectivity index (χ4n) is 9.70. The van der Waals surface area contributed by atoms with Crippen LogP contribution < -0.4 is 10.1 Å². The number of rotatable bonds is 4. The summed E-state index contributed by atoms with van der Waals surface area (Å²) in [5, 5.41) is 6.19. The van der Waals surface area contributed by atoms with Crippen LogP contribution >= 0.6 is 0 Å². The zero-order valence-electron chi connectivity index (χ0n) is 31.0. The molecule has 0 fully saturated rings. The van der Waals surface area contributed by atoms with Gasteiger partial charge in [-0.25, -0.2) is 9.98 Å². The van der Waals surface area contributed by atoms with Gasteiger partial charge in [0.1, 0.15) is 23.2 Å². The Hall–Kier alpha value is -7.30. The van der Waals surface area contributed by atoms with Crippen LogP contribution in [0.15, 0.2) is 192 Å². The minimum absolute atomic E-state index is 0.414. The average molecular weight is 730 g/mol. The monoisotopic (exact) mass is 729 g/mol. The summed E-state index contributed by atoms with van der Waals surface area (Å²) in [5.41, 5.74) is 14.8. The molecule has 0 bridgehead atoms. The highest BCUT2D eigenvalue weighted by atomic mass is 16.5. The number of amidine groups is 2. The molecule has 2 heterocycles. The Morgan fingerprint density at radius 3 is 1.98 bits per heavy atom. The zero-order chi connectivity index (χ0) is 37.5. The molecule has 1 N–H and O–H groups in total. The van der Waals surface area contributed by atoms with Gasteiger partial charge in [0.2, 0.25) is 0 Å². The van der Waals surface area contributed by atoms with Crippen molar-refractivity contribution in [3.63, 3.8) is 0 Å². The van der Waals surface area contributed by atoms with Crippen LogP contribution in [0.25, 0.3) is 39.1 Å². The highest BCUT2D eigenvalue weighted by Crippen LogP contribution is 2.62. The Morgan fingerprint density at radius 1 is 0.509 bits per heavy atom. The molecule has 1 unspecified atom stereocenters. The first-order chi connectivity index (χ1) is 28.2. The molecule has 0 aromatic heterocycles. The van der Waals surface area contributed by atoms with Gasteiger partial charge in [0.15, 0.2) is 6.17 Å². The summed E-state index contributed by atoms with van der Waals surface area (Å²) in [4.78, 5) is 10.6. The molecule has 12 rings (SSSR count). The Morgan fingerprint density at radius 2 is 1.16 bits per heavy atom. The van der Waals surface area contributed by atoms with Crippen LogP contribution in [0.2, 0.25) is 0 Å². The smallest absolute Gasteiger partial charge is 0.169 e. The predicted molar refractivity (Wildman–Crippen MR) is 231 cm³/mol. The fourth-order valence-corrected chi connectivity index (χ4v) is 9.70. The molecule has 8 aromatic rings. The summed E-state index contributed by atoms with van der Waals surface area (Å²) in [7, 11) is 0. The molecule has 0 amide bonds. The standard InChI is InChI=1S/C53H35N3O/c1-2-13-34(14-3-1)50-54-51(56-52(55-50)40-30-37-18-10-15-33-16-11-19-38(31-40)49(33)37)39-20-12-17-35(29-39)36-27-28-48-46(32-36)53(45-25-8-9-26-47(45)57-48)43-23-6-4-21-41(43)42-22-5-7-24-44(42)53/h1-15,17-32,52H,16H2,(H,54,55,56). The second kappa shape index (κ2) is 12.4. The third-order valence-electron chi connectivity index (χ3n) is 12.2. The van der Waals surface area contributed by atoms with E-state index in [0.29, 0.717) is 0 Å². The van der Waals surface area contributed by atoms with Crippen molar-refractivity contribution < 1.29 is 4.74 Å². The minimum Gasteiger partial charge on any atom is -0.457 e. The maximum Gasteiger partial charge on any atom is 0.169 e. The quantitative estimate of drug-likeness (QED) is 0.196. The number of benzene rings is 8. The third kappa shape index (κ3) is 4.80. The van der Waals surface area contributed by atoms with Crippen LogP contribution in [0.4, 0.5) is 0 Å². The third-order valence-corrected chi connectivity index (χ3v) is 12.2. The van der Waals surface area contributed by atoms with E-state index >= 15 is 0 Å². The van der Waals surface area contributed by atoms with Crippen molar-refractivity contribution in [2.45, 2.75) is 18.0 Å². The van der Waals surface area contributed by atoms with Crippen molar-refractivity contribution in [2.24, 2.45) is 9.98 Å². The molecular formula is C53H35N3O. The Bertz CT molecular complexity index is 3020. The normalized spacial score (nSPS) is 16.4. The van der Waals surface area contributed by atoms with E-state index in [-0.39, 0.29) is 0 Å². The number of allylic oxidation sites excluding steroid dienone is 1. The van der Waals surface area contributed by atoms with E-state index in [4.69, 9.17) is 14.7 Å². The molecule has 0 radical (unpaired) electrons. The van der Waals surface area contributed by atoms with E-state index in [1.807, 2.05) is 6.07 Å². The minimum atomic E-state index is -0.524. The van der Waals surface area contributed by atoms with Gasteiger partial charge in [-0.1, -0.05) is 152 Å².